The van der Waals surface area contributed by atoms with Gasteiger partial charge in [-0.2, -0.15) is 0 Å². The normalized spacial score (nSPS) is 23.6. The number of rotatable bonds is 1. The summed E-state index contributed by atoms with van der Waals surface area (Å²) in [5.41, 5.74) is 1.80. The van der Waals surface area contributed by atoms with E-state index in [1.54, 1.807) is 0 Å². The van der Waals surface area contributed by atoms with Crippen LogP contribution in [-0.4, -0.2) is 11.4 Å². The Morgan fingerprint density at radius 3 is 2.36 bits per heavy atom. The maximum atomic E-state index is 5.39. The van der Waals surface area contributed by atoms with Crippen LogP contribution in [-0.2, 0) is 0 Å². The van der Waals surface area contributed by atoms with Gasteiger partial charge in [0.2, 0.25) is 0 Å². The van der Waals surface area contributed by atoms with Crippen molar-refractivity contribution in [1.82, 2.24) is 5.32 Å². The Balaban J connectivity index is 2.68. The van der Waals surface area contributed by atoms with Gasteiger partial charge in [0.1, 0.15) is 0 Å². The summed E-state index contributed by atoms with van der Waals surface area (Å²) in [6.45, 7) is 12.1. The van der Waals surface area contributed by atoms with Crippen molar-refractivity contribution in [2.75, 3.05) is 6.54 Å². The summed E-state index contributed by atoms with van der Waals surface area (Å²) < 4.78 is 0. The van der Waals surface area contributed by atoms with Gasteiger partial charge in [-0.3, -0.25) is 0 Å². The minimum atomic E-state index is 0.108. The summed E-state index contributed by atoms with van der Waals surface area (Å²) >= 11 is 5.39. The smallest absolute Gasteiger partial charge is 0.0222 e. The quantitative estimate of drug-likeness (QED) is 0.527. The van der Waals surface area contributed by atoms with Gasteiger partial charge >= 0.3 is 0 Å². The molecular formula is C12H21NS. The van der Waals surface area contributed by atoms with Crippen molar-refractivity contribution in [2.24, 2.45) is 10.8 Å². The average Bonchev–Trinajstić information content (AvgIpc) is 2.28. The van der Waals surface area contributed by atoms with Gasteiger partial charge in [-0.15, -0.1) is 0 Å². The zero-order chi connectivity index (χ0) is 11.0. The zero-order valence-electron chi connectivity index (χ0n) is 9.90. The Labute approximate surface area is 93.0 Å². The van der Waals surface area contributed by atoms with Crippen molar-refractivity contribution in [2.45, 2.75) is 41.0 Å². The molecule has 1 aliphatic rings. The second-order valence-corrected chi connectivity index (χ2v) is 6.42. The lowest BCUT2D eigenvalue weighted by atomic mass is 9.89. The second-order valence-electron chi connectivity index (χ2n) is 5.98. The number of allylic oxidation sites excluding steroid dienone is 2. The van der Waals surface area contributed by atoms with E-state index in [0.717, 1.165) is 17.8 Å². The highest BCUT2D eigenvalue weighted by Crippen LogP contribution is 2.30. The van der Waals surface area contributed by atoms with E-state index in [4.69, 9.17) is 12.2 Å². The van der Waals surface area contributed by atoms with Gasteiger partial charge in [-0.25, -0.2) is 0 Å². The summed E-state index contributed by atoms with van der Waals surface area (Å²) in [6.07, 6.45) is 3.26. The van der Waals surface area contributed by atoms with Gasteiger partial charge < -0.3 is 5.32 Å². The van der Waals surface area contributed by atoms with Crippen molar-refractivity contribution in [1.29, 1.82) is 0 Å². The number of hydrogen-bond acceptors (Lipinski definition) is 2. The molecule has 1 N–H and O–H groups in total. The average molecular weight is 211 g/mol. The molecule has 1 fully saturated rings. The molecule has 1 heterocycles. The second kappa shape index (κ2) is 3.65. The topological polar surface area (TPSA) is 12.0 Å². The highest BCUT2D eigenvalue weighted by Gasteiger charge is 2.27. The third-order valence-corrected chi connectivity index (χ3v) is 3.24. The zero-order valence-corrected chi connectivity index (χ0v) is 10.7. The Hall–Kier alpha value is -0.370. The lowest BCUT2D eigenvalue weighted by Crippen LogP contribution is -2.18. The molecule has 80 valence electrons. The van der Waals surface area contributed by atoms with E-state index in [1.807, 2.05) is 0 Å². The predicted octanol–water partition coefficient (Wildman–Crippen LogP) is 3.31. The van der Waals surface area contributed by atoms with Crippen molar-refractivity contribution >= 4 is 17.1 Å². The standard InChI is InChI=1S/C12H21NS/c1-11(2,3)10(14)6-9-7-12(4,5)8-13-9/h6,13H,7-8H2,1-5H3/b9-6-. The molecule has 1 saturated heterocycles. The Kier molecular flexibility index (Phi) is 3.05. The molecule has 0 spiro atoms. The van der Waals surface area contributed by atoms with Crippen LogP contribution in [0.25, 0.3) is 0 Å². The largest absolute Gasteiger partial charge is 0.388 e. The summed E-state index contributed by atoms with van der Waals surface area (Å²) in [7, 11) is 0. The first-order valence-electron chi connectivity index (χ1n) is 5.20. The monoisotopic (exact) mass is 211 g/mol. The lowest BCUT2D eigenvalue weighted by Gasteiger charge is -2.17. The molecule has 0 aliphatic carbocycles. The van der Waals surface area contributed by atoms with E-state index in [0.29, 0.717) is 5.41 Å². The van der Waals surface area contributed by atoms with Crippen LogP contribution in [0.4, 0.5) is 0 Å². The Bertz CT molecular complexity index is 269. The number of thiocarbonyl (C=S) groups is 1. The minimum Gasteiger partial charge on any atom is -0.388 e. The molecule has 0 bridgehead atoms. The fourth-order valence-corrected chi connectivity index (χ4v) is 1.61. The van der Waals surface area contributed by atoms with Crippen LogP contribution in [0.2, 0.25) is 0 Å². The maximum Gasteiger partial charge on any atom is 0.0222 e. The van der Waals surface area contributed by atoms with Crippen LogP contribution < -0.4 is 5.32 Å². The highest BCUT2D eigenvalue weighted by atomic mass is 32.1. The Morgan fingerprint density at radius 1 is 1.43 bits per heavy atom. The van der Waals surface area contributed by atoms with Crippen LogP contribution in [0.1, 0.15) is 41.0 Å². The number of hydrogen-bond donors (Lipinski definition) is 1. The van der Waals surface area contributed by atoms with Gasteiger partial charge in [0, 0.05) is 17.1 Å². The summed E-state index contributed by atoms with van der Waals surface area (Å²) in [6, 6.07) is 0. The molecule has 0 radical (unpaired) electrons. The van der Waals surface area contributed by atoms with Crippen molar-refractivity contribution in [3.63, 3.8) is 0 Å². The van der Waals surface area contributed by atoms with Crippen LogP contribution in [0, 0.1) is 10.8 Å². The van der Waals surface area contributed by atoms with E-state index < -0.39 is 0 Å². The molecular weight excluding hydrogens is 190 g/mol. The predicted molar refractivity (Wildman–Crippen MR) is 66.5 cm³/mol. The van der Waals surface area contributed by atoms with E-state index in [-0.39, 0.29) is 5.41 Å². The minimum absolute atomic E-state index is 0.108. The van der Waals surface area contributed by atoms with E-state index >= 15 is 0 Å². The van der Waals surface area contributed by atoms with Crippen LogP contribution >= 0.6 is 12.2 Å². The molecule has 0 saturated carbocycles. The SMILES string of the molecule is CC1(C)CN/C(=C\C(=S)C(C)(C)C)C1. The van der Waals surface area contributed by atoms with Gasteiger partial charge in [0.15, 0.2) is 0 Å². The first-order valence-corrected chi connectivity index (χ1v) is 5.60. The van der Waals surface area contributed by atoms with Crippen molar-refractivity contribution < 1.29 is 0 Å². The maximum absolute atomic E-state index is 5.39. The third kappa shape index (κ3) is 3.09. The first kappa shape index (κ1) is 11.7. The van der Waals surface area contributed by atoms with Crippen molar-refractivity contribution in [3.8, 4) is 0 Å². The molecule has 0 unspecified atom stereocenters. The molecule has 1 rings (SSSR count). The molecule has 14 heavy (non-hydrogen) atoms. The van der Waals surface area contributed by atoms with Crippen molar-refractivity contribution in [3.05, 3.63) is 11.8 Å². The molecule has 1 aliphatic heterocycles. The number of nitrogens with one attached hydrogen (secondary N) is 1. The summed E-state index contributed by atoms with van der Waals surface area (Å²) in [4.78, 5) is 1.04. The fraction of sp³-hybridized carbons (Fsp3) is 0.750. The molecule has 0 amide bonds. The van der Waals surface area contributed by atoms with Gasteiger partial charge in [-0.05, 0) is 23.3 Å². The van der Waals surface area contributed by atoms with E-state index in [9.17, 15) is 0 Å². The summed E-state index contributed by atoms with van der Waals surface area (Å²) in [5.74, 6) is 0. The lowest BCUT2D eigenvalue weighted by molar-refractivity contribution is 0.417. The highest BCUT2D eigenvalue weighted by molar-refractivity contribution is 7.80. The molecule has 0 atom stereocenters. The van der Waals surface area contributed by atoms with Crippen LogP contribution in [0.15, 0.2) is 11.8 Å². The van der Waals surface area contributed by atoms with Gasteiger partial charge in [0.25, 0.3) is 0 Å². The third-order valence-electron chi connectivity index (χ3n) is 2.51. The van der Waals surface area contributed by atoms with Gasteiger partial charge in [0.05, 0.1) is 0 Å². The Morgan fingerprint density at radius 2 is 2.00 bits per heavy atom. The first-order chi connectivity index (χ1) is 6.21. The molecule has 1 nitrogen and oxygen atoms in total. The van der Waals surface area contributed by atoms with Crippen LogP contribution in [0.5, 0.6) is 0 Å². The fourth-order valence-electron chi connectivity index (χ4n) is 1.47. The molecule has 0 aromatic heterocycles. The summed E-state index contributed by atoms with van der Waals surface area (Å²) in [5, 5.41) is 3.42. The molecule has 0 aromatic carbocycles. The van der Waals surface area contributed by atoms with E-state index in [1.165, 1.54) is 5.70 Å². The molecule has 0 aromatic rings. The molecule has 2 heteroatoms. The van der Waals surface area contributed by atoms with E-state index in [2.05, 4.69) is 46.0 Å². The van der Waals surface area contributed by atoms with Gasteiger partial charge in [-0.1, -0.05) is 46.8 Å². The van der Waals surface area contributed by atoms with Crippen LogP contribution in [0.3, 0.4) is 0 Å².